The maximum atomic E-state index is 12.9. The number of hydrogen-bond donors (Lipinski definition) is 0. The lowest BCUT2D eigenvalue weighted by Crippen LogP contribution is -2.51. The van der Waals surface area contributed by atoms with E-state index in [9.17, 15) is 18.0 Å². The van der Waals surface area contributed by atoms with Crippen LogP contribution in [-0.4, -0.2) is 62.3 Å². The molecule has 1 aromatic heterocycles. The Morgan fingerprint density at radius 3 is 2.43 bits per heavy atom. The lowest BCUT2D eigenvalue weighted by atomic mass is 10.2. The maximum absolute atomic E-state index is 12.9. The van der Waals surface area contributed by atoms with Crippen molar-refractivity contribution < 1.29 is 27.2 Å². The van der Waals surface area contributed by atoms with Gasteiger partial charge in [0.2, 0.25) is 15.8 Å². The van der Waals surface area contributed by atoms with Crippen molar-refractivity contribution in [1.29, 1.82) is 0 Å². The van der Waals surface area contributed by atoms with Gasteiger partial charge in [-0.05, 0) is 37.6 Å². The van der Waals surface area contributed by atoms with Crippen molar-refractivity contribution in [3.8, 4) is 0 Å². The highest BCUT2D eigenvalue weighted by Crippen LogP contribution is 2.22. The Hall–Kier alpha value is -2.65. The second-order valence-corrected chi connectivity index (χ2v) is 8.51. The third kappa shape index (κ3) is 4.26. The summed E-state index contributed by atoms with van der Waals surface area (Å²) in [6, 6.07) is 8.22. The van der Waals surface area contributed by atoms with Gasteiger partial charge >= 0.3 is 5.97 Å². The molecule has 9 heteroatoms. The minimum Gasteiger partial charge on any atom is -0.457 e. The van der Waals surface area contributed by atoms with Gasteiger partial charge in [-0.25, -0.2) is 13.2 Å². The van der Waals surface area contributed by atoms with Crippen molar-refractivity contribution in [1.82, 2.24) is 9.21 Å². The highest BCUT2D eigenvalue weighted by molar-refractivity contribution is 7.89. The molecule has 1 aliphatic rings. The fourth-order valence-electron chi connectivity index (χ4n) is 3.09. The molecule has 0 N–H and O–H groups in total. The van der Waals surface area contributed by atoms with Crippen LogP contribution in [0.25, 0.3) is 0 Å². The third-order valence-electron chi connectivity index (χ3n) is 4.59. The predicted molar refractivity (Wildman–Crippen MR) is 100 cm³/mol. The molecule has 0 aliphatic carbocycles. The molecular weight excluding hydrogens is 384 g/mol. The van der Waals surface area contributed by atoms with Gasteiger partial charge in [-0.3, -0.25) is 4.79 Å². The number of piperazine rings is 1. The maximum Gasteiger partial charge on any atom is 0.374 e. The van der Waals surface area contributed by atoms with Gasteiger partial charge < -0.3 is 14.1 Å². The van der Waals surface area contributed by atoms with Crippen molar-refractivity contribution in [2.24, 2.45) is 0 Å². The highest BCUT2D eigenvalue weighted by atomic mass is 32.2. The molecule has 150 valence electrons. The van der Waals surface area contributed by atoms with Crippen LogP contribution in [0.1, 0.15) is 21.7 Å². The van der Waals surface area contributed by atoms with E-state index < -0.39 is 22.6 Å². The number of sulfonamides is 1. The Bertz CT molecular complexity index is 960. The Morgan fingerprint density at radius 2 is 1.82 bits per heavy atom. The quantitative estimate of drug-likeness (QED) is 0.700. The first-order valence-corrected chi connectivity index (χ1v) is 10.3. The molecule has 0 radical (unpaired) electrons. The van der Waals surface area contributed by atoms with Gasteiger partial charge in [0.1, 0.15) is 0 Å². The number of nitrogens with zero attached hydrogens (tertiary/aromatic N) is 2. The first kappa shape index (κ1) is 20.1. The molecule has 1 fully saturated rings. The molecule has 0 spiro atoms. The number of carbonyl (C=O) groups excluding carboxylic acids is 2. The SMILES string of the molecule is Cc1ccc(S(=O)(=O)N2CCN(C(=O)COC(=O)c3ccco3)CC2)c(C)c1. The van der Waals surface area contributed by atoms with Crippen molar-refractivity contribution in [3.05, 3.63) is 53.5 Å². The molecule has 28 heavy (non-hydrogen) atoms. The molecule has 2 heterocycles. The van der Waals surface area contributed by atoms with Crippen LogP contribution in [0, 0.1) is 13.8 Å². The van der Waals surface area contributed by atoms with Crippen LogP contribution in [0.5, 0.6) is 0 Å². The fraction of sp³-hybridized carbons (Fsp3) is 0.368. The van der Waals surface area contributed by atoms with E-state index in [1.807, 2.05) is 13.0 Å². The number of amides is 1. The van der Waals surface area contributed by atoms with E-state index in [0.29, 0.717) is 5.56 Å². The molecule has 8 nitrogen and oxygen atoms in total. The Morgan fingerprint density at radius 1 is 1.11 bits per heavy atom. The second kappa shape index (κ2) is 8.15. The van der Waals surface area contributed by atoms with E-state index in [1.165, 1.54) is 21.5 Å². The summed E-state index contributed by atoms with van der Waals surface area (Å²) in [6.07, 6.45) is 1.34. The predicted octanol–water partition coefficient (Wildman–Crippen LogP) is 1.59. The van der Waals surface area contributed by atoms with Gasteiger partial charge in [0.15, 0.2) is 6.61 Å². The van der Waals surface area contributed by atoms with Gasteiger partial charge in [-0.2, -0.15) is 4.31 Å². The average Bonchev–Trinajstić information content (AvgIpc) is 3.20. The lowest BCUT2D eigenvalue weighted by molar-refractivity contribution is -0.135. The Kier molecular flexibility index (Phi) is 5.85. The summed E-state index contributed by atoms with van der Waals surface area (Å²) >= 11 is 0. The largest absolute Gasteiger partial charge is 0.457 e. The normalized spacial score (nSPS) is 15.4. The van der Waals surface area contributed by atoms with E-state index in [2.05, 4.69) is 0 Å². The van der Waals surface area contributed by atoms with Gasteiger partial charge in [0, 0.05) is 26.2 Å². The number of furan rings is 1. The van der Waals surface area contributed by atoms with Crippen molar-refractivity contribution >= 4 is 21.9 Å². The van der Waals surface area contributed by atoms with Crippen LogP contribution in [0.2, 0.25) is 0 Å². The molecular formula is C19H22N2O6S. The molecule has 3 rings (SSSR count). The molecule has 1 aliphatic heterocycles. The van der Waals surface area contributed by atoms with E-state index in [-0.39, 0.29) is 42.7 Å². The van der Waals surface area contributed by atoms with Crippen molar-refractivity contribution in [2.75, 3.05) is 32.8 Å². The molecule has 1 saturated heterocycles. The minimum atomic E-state index is -3.62. The summed E-state index contributed by atoms with van der Waals surface area (Å²) in [5, 5.41) is 0. The molecule has 1 amide bonds. The second-order valence-electron chi connectivity index (χ2n) is 6.61. The third-order valence-corrected chi connectivity index (χ3v) is 6.65. The van der Waals surface area contributed by atoms with E-state index in [4.69, 9.17) is 9.15 Å². The molecule has 0 bridgehead atoms. The number of rotatable bonds is 5. The number of aryl methyl sites for hydroxylation is 2. The number of benzene rings is 1. The molecule has 0 saturated carbocycles. The van der Waals surface area contributed by atoms with Crippen molar-refractivity contribution in [2.45, 2.75) is 18.7 Å². The number of carbonyl (C=O) groups is 2. The topological polar surface area (TPSA) is 97.1 Å². The van der Waals surface area contributed by atoms with Gasteiger partial charge in [-0.1, -0.05) is 17.7 Å². The number of esters is 1. The first-order chi connectivity index (χ1) is 13.3. The molecule has 0 atom stereocenters. The van der Waals surface area contributed by atoms with Crippen LogP contribution in [0.15, 0.2) is 45.9 Å². The number of ether oxygens (including phenoxy) is 1. The Balaban J connectivity index is 1.56. The summed E-state index contributed by atoms with van der Waals surface area (Å²) in [7, 11) is -3.62. The van der Waals surface area contributed by atoms with E-state index in [0.717, 1.165) is 5.56 Å². The summed E-state index contributed by atoms with van der Waals surface area (Å²) in [5.74, 6) is -1.06. The van der Waals surface area contributed by atoms with Gasteiger partial charge in [0.05, 0.1) is 11.2 Å². The summed E-state index contributed by atoms with van der Waals surface area (Å²) in [4.78, 5) is 25.7. The average molecular weight is 406 g/mol. The zero-order valence-corrected chi connectivity index (χ0v) is 16.6. The van der Waals surface area contributed by atoms with Crippen LogP contribution in [0.3, 0.4) is 0 Å². The van der Waals surface area contributed by atoms with Crippen LogP contribution in [-0.2, 0) is 19.6 Å². The zero-order valence-electron chi connectivity index (χ0n) is 15.8. The van der Waals surface area contributed by atoms with Gasteiger partial charge in [0.25, 0.3) is 5.91 Å². The van der Waals surface area contributed by atoms with Crippen LogP contribution in [0.4, 0.5) is 0 Å². The number of hydrogen-bond acceptors (Lipinski definition) is 6. The molecule has 1 aromatic carbocycles. The summed E-state index contributed by atoms with van der Waals surface area (Å²) in [5.41, 5.74) is 1.69. The summed E-state index contributed by atoms with van der Waals surface area (Å²) in [6.45, 7) is 4.12. The minimum absolute atomic E-state index is 0.0252. The smallest absolute Gasteiger partial charge is 0.374 e. The molecule has 2 aromatic rings. The van der Waals surface area contributed by atoms with Crippen molar-refractivity contribution in [3.63, 3.8) is 0 Å². The lowest BCUT2D eigenvalue weighted by Gasteiger charge is -2.34. The standard InChI is InChI=1S/C19H22N2O6S/c1-14-5-6-17(15(2)12-14)28(24,25)21-9-7-20(8-10-21)18(22)13-27-19(23)16-4-3-11-26-16/h3-6,11-12H,7-10,13H2,1-2H3. The monoisotopic (exact) mass is 406 g/mol. The highest BCUT2D eigenvalue weighted by Gasteiger charge is 2.31. The fourth-order valence-corrected chi connectivity index (χ4v) is 4.72. The summed E-state index contributed by atoms with van der Waals surface area (Å²) < 4.78 is 37.0. The zero-order chi connectivity index (χ0) is 20.3. The van der Waals surface area contributed by atoms with Crippen LogP contribution < -0.4 is 0 Å². The molecule has 0 unspecified atom stereocenters. The Labute approximate surface area is 163 Å². The van der Waals surface area contributed by atoms with Gasteiger partial charge in [-0.15, -0.1) is 0 Å². The van der Waals surface area contributed by atoms with E-state index in [1.54, 1.807) is 25.1 Å². The van der Waals surface area contributed by atoms with Crippen LogP contribution >= 0.6 is 0 Å². The van der Waals surface area contributed by atoms with E-state index >= 15 is 0 Å². The first-order valence-electron chi connectivity index (χ1n) is 8.85.